The fraction of sp³-hybridized carbons (Fsp3) is 0.292. The molecular weight excluding hydrogens is 470 g/mol. The number of benzene rings is 2. The van der Waals surface area contributed by atoms with Crippen molar-refractivity contribution >= 4 is 42.6 Å². The maximum absolute atomic E-state index is 13.8. The van der Waals surface area contributed by atoms with Gasteiger partial charge in [0.1, 0.15) is 0 Å². The summed E-state index contributed by atoms with van der Waals surface area (Å²) in [6.45, 7) is 1.50. The normalized spacial score (nSPS) is 17.1. The molecule has 3 heterocycles. The first kappa shape index (κ1) is 22.7. The van der Waals surface area contributed by atoms with Crippen LogP contribution in [0.2, 0.25) is 0 Å². The van der Waals surface area contributed by atoms with Gasteiger partial charge in [0.15, 0.2) is 5.13 Å². The Hall–Kier alpha value is -3.08. The lowest BCUT2D eigenvalue weighted by Gasteiger charge is -2.33. The van der Waals surface area contributed by atoms with Crippen molar-refractivity contribution in [1.29, 1.82) is 0 Å². The molecule has 0 aliphatic carbocycles. The zero-order valence-electron chi connectivity index (χ0n) is 18.5. The molecule has 1 amide bonds. The Morgan fingerprint density at radius 3 is 2.65 bits per heavy atom. The van der Waals surface area contributed by atoms with Crippen LogP contribution >= 0.6 is 11.3 Å². The van der Waals surface area contributed by atoms with Gasteiger partial charge in [-0.3, -0.25) is 14.4 Å². The first-order valence-electron chi connectivity index (χ1n) is 11.2. The van der Waals surface area contributed by atoms with E-state index < -0.39 is 15.9 Å². The Bertz CT molecular complexity index is 1340. The van der Waals surface area contributed by atoms with Crippen LogP contribution in [0.3, 0.4) is 0 Å². The molecule has 0 bridgehead atoms. The summed E-state index contributed by atoms with van der Waals surface area (Å²) in [4.78, 5) is 20.5. The quantitative estimate of drug-likeness (QED) is 0.391. The van der Waals surface area contributed by atoms with Crippen molar-refractivity contribution in [2.24, 2.45) is 5.92 Å². The second kappa shape index (κ2) is 9.65. The van der Waals surface area contributed by atoms with Gasteiger partial charge in [0, 0.05) is 32.0 Å². The van der Waals surface area contributed by atoms with E-state index in [0.717, 1.165) is 10.2 Å². The number of sulfonamides is 1. The predicted octanol–water partition coefficient (Wildman–Crippen LogP) is 3.63. The molecular formula is C24H25N5O3S2. The van der Waals surface area contributed by atoms with Crippen LogP contribution < -0.4 is 4.90 Å². The minimum atomic E-state index is -3.65. The number of hydrogen-bond acceptors (Lipinski definition) is 6. The lowest BCUT2D eigenvalue weighted by atomic mass is 9.98. The van der Waals surface area contributed by atoms with Crippen LogP contribution in [0.25, 0.3) is 10.2 Å². The van der Waals surface area contributed by atoms with E-state index in [0.29, 0.717) is 37.6 Å². The average molecular weight is 496 g/mol. The van der Waals surface area contributed by atoms with E-state index >= 15 is 0 Å². The molecule has 176 valence electrons. The molecule has 1 fully saturated rings. The van der Waals surface area contributed by atoms with Crippen LogP contribution in [0.4, 0.5) is 5.13 Å². The number of thiazole rings is 1. The van der Waals surface area contributed by atoms with Crippen LogP contribution in [-0.2, 0) is 21.4 Å². The highest BCUT2D eigenvalue weighted by Gasteiger charge is 2.36. The summed E-state index contributed by atoms with van der Waals surface area (Å²) in [5.74, 6) is -0.531. The van der Waals surface area contributed by atoms with Gasteiger partial charge >= 0.3 is 0 Å². The third kappa shape index (κ3) is 4.61. The summed E-state index contributed by atoms with van der Waals surface area (Å²) in [5, 5.41) is 4.87. The first-order chi connectivity index (χ1) is 16.5. The van der Waals surface area contributed by atoms with Crippen molar-refractivity contribution in [2.45, 2.75) is 24.3 Å². The minimum Gasteiger partial charge on any atom is -0.286 e. The molecule has 8 nitrogen and oxygen atoms in total. The molecule has 0 spiro atoms. The summed E-state index contributed by atoms with van der Waals surface area (Å²) in [5.41, 5.74) is 0.844. The highest BCUT2D eigenvalue weighted by atomic mass is 32.2. The lowest BCUT2D eigenvalue weighted by Crippen LogP contribution is -2.47. The number of para-hydroxylation sites is 1. The molecule has 2 aromatic heterocycles. The Morgan fingerprint density at radius 2 is 1.88 bits per heavy atom. The van der Waals surface area contributed by atoms with Crippen LogP contribution in [0.1, 0.15) is 12.8 Å². The molecule has 0 unspecified atom stereocenters. The van der Waals surface area contributed by atoms with Gasteiger partial charge in [-0.2, -0.15) is 9.40 Å². The summed E-state index contributed by atoms with van der Waals surface area (Å²) < 4.78 is 30.6. The number of anilines is 1. The van der Waals surface area contributed by atoms with Crippen molar-refractivity contribution in [3.8, 4) is 0 Å². The van der Waals surface area contributed by atoms with Crippen molar-refractivity contribution < 1.29 is 13.2 Å². The monoisotopic (exact) mass is 495 g/mol. The number of carbonyl (C=O) groups is 1. The number of aromatic nitrogens is 3. The smallest absolute Gasteiger partial charge is 0.243 e. The van der Waals surface area contributed by atoms with Crippen molar-refractivity contribution in [2.75, 3.05) is 24.5 Å². The number of rotatable bonds is 7. The topological polar surface area (TPSA) is 88.4 Å². The molecule has 0 saturated carbocycles. The predicted molar refractivity (Wildman–Crippen MR) is 132 cm³/mol. The highest BCUT2D eigenvalue weighted by Crippen LogP contribution is 2.31. The summed E-state index contributed by atoms with van der Waals surface area (Å²) >= 11 is 1.47. The van der Waals surface area contributed by atoms with Crippen molar-refractivity contribution in [3.05, 3.63) is 73.1 Å². The van der Waals surface area contributed by atoms with Gasteiger partial charge < -0.3 is 0 Å². The lowest BCUT2D eigenvalue weighted by molar-refractivity contribution is -0.123. The largest absolute Gasteiger partial charge is 0.286 e. The zero-order chi connectivity index (χ0) is 23.5. The summed E-state index contributed by atoms with van der Waals surface area (Å²) in [7, 11) is -3.65. The van der Waals surface area contributed by atoms with E-state index in [1.807, 2.05) is 36.5 Å². The second-order valence-corrected chi connectivity index (χ2v) is 11.2. The van der Waals surface area contributed by atoms with Crippen LogP contribution in [0.15, 0.2) is 78.0 Å². The Kier molecular flexibility index (Phi) is 6.44. The molecule has 1 atom stereocenters. The molecule has 2 aromatic carbocycles. The van der Waals surface area contributed by atoms with E-state index in [1.165, 1.54) is 15.6 Å². The van der Waals surface area contributed by atoms with Crippen molar-refractivity contribution in [1.82, 2.24) is 19.1 Å². The van der Waals surface area contributed by atoms with Crippen LogP contribution in [-0.4, -0.2) is 53.0 Å². The average Bonchev–Trinajstić information content (AvgIpc) is 3.54. The molecule has 1 aliphatic heterocycles. The van der Waals surface area contributed by atoms with E-state index in [2.05, 4.69) is 5.10 Å². The third-order valence-electron chi connectivity index (χ3n) is 6.01. The molecule has 34 heavy (non-hydrogen) atoms. The summed E-state index contributed by atoms with van der Waals surface area (Å²) in [6, 6.07) is 18.0. The molecule has 5 rings (SSSR count). The first-order valence-corrected chi connectivity index (χ1v) is 13.5. The van der Waals surface area contributed by atoms with Gasteiger partial charge in [0.2, 0.25) is 15.9 Å². The Balaban J connectivity index is 1.40. The van der Waals surface area contributed by atoms with Gasteiger partial charge in [0.25, 0.3) is 0 Å². The maximum Gasteiger partial charge on any atom is 0.243 e. The SMILES string of the molecule is O=C([C@H]1CCCN(S(=O)(=O)c2ccccc2)C1)N(CCn1cccn1)c1nc2ccccc2s1. The number of fused-ring (bicyclic) bond motifs is 1. The molecule has 10 heteroatoms. The molecule has 1 saturated heterocycles. The highest BCUT2D eigenvalue weighted by molar-refractivity contribution is 7.89. The van der Waals surface area contributed by atoms with Gasteiger partial charge in [-0.15, -0.1) is 0 Å². The van der Waals surface area contributed by atoms with Gasteiger partial charge in [-0.25, -0.2) is 13.4 Å². The number of nitrogens with zero attached hydrogens (tertiary/aromatic N) is 5. The fourth-order valence-electron chi connectivity index (χ4n) is 4.23. The second-order valence-electron chi connectivity index (χ2n) is 8.24. The van der Waals surface area contributed by atoms with Gasteiger partial charge in [-0.05, 0) is 43.2 Å². The standard InChI is InChI=1S/C24H25N5O3S2/c30-23(19-8-6-15-28(18-19)34(31,32)20-9-2-1-3-10-20)29(17-16-27-14-7-13-25-27)24-26-21-11-4-5-12-22(21)33-24/h1-5,7,9-14,19H,6,8,15-18H2/t19-/m0/s1. The van der Waals surface area contributed by atoms with Crippen LogP contribution in [0, 0.1) is 5.92 Å². The van der Waals surface area contributed by atoms with Gasteiger partial charge in [0.05, 0.1) is 27.6 Å². The molecule has 1 aliphatic rings. The fourth-order valence-corrected chi connectivity index (χ4v) is 6.78. The van der Waals surface area contributed by atoms with E-state index in [1.54, 1.807) is 46.1 Å². The number of hydrogen-bond donors (Lipinski definition) is 0. The minimum absolute atomic E-state index is 0.0980. The van der Waals surface area contributed by atoms with Gasteiger partial charge in [-0.1, -0.05) is 41.7 Å². The molecule has 0 N–H and O–H groups in total. The number of carbonyl (C=O) groups excluding carboxylic acids is 1. The van der Waals surface area contributed by atoms with E-state index in [4.69, 9.17) is 4.98 Å². The number of amides is 1. The zero-order valence-corrected chi connectivity index (χ0v) is 20.2. The Labute approximate surface area is 202 Å². The van der Waals surface area contributed by atoms with E-state index in [-0.39, 0.29) is 17.3 Å². The van der Waals surface area contributed by atoms with Crippen molar-refractivity contribution in [3.63, 3.8) is 0 Å². The molecule has 4 aromatic rings. The summed E-state index contributed by atoms with van der Waals surface area (Å²) in [6.07, 6.45) is 4.84. The third-order valence-corrected chi connectivity index (χ3v) is 8.94. The van der Waals surface area contributed by atoms with Crippen LogP contribution in [0.5, 0.6) is 0 Å². The number of piperidine rings is 1. The maximum atomic E-state index is 13.8. The molecule has 0 radical (unpaired) electrons. The Morgan fingerprint density at radius 1 is 1.09 bits per heavy atom. The van der Waals surface area contributed by atoms with E-state index in [9.17, 15) is 13.2 Å².